The lowest BCUT2D eigenvalue weighted by Crippen LogP contribution is -2.41. The molecule has 0 amide bonds. The van der Waals surface area contributed by atoms with E-state index >= 15 is 0 Å². The largest absolute Gasteiger partial charge is 0.319 e. The topological polar surface area (TPSA) is 32.3 Å². The molecule has 0 aromatic rings. The van der Waals surface area contributed by atoms with E-state index in [1.807, 2.05) is 7.05 Å². The zero-order valence-electron chi connectivity index (χ0n) is 9.67. The van der Waals surface area contributed by atoms with Crippen molar-refractivity contribution in [3.8, 4) is 0 Å². The van der Waals surface area contributed by atoms with Gasteiger partial charge in [-0.25, -0.2) is 0 Å². The maximum absolute atomic E-state index is 11.7. The zero-order valence-corrected chi connectivity index (χ0v) is 9.67. The quantitative estimate of drug-likeness (QED) is 0.731. The fourth-order valence-electron chi connectivity index (χ4n) is 2.50. The number of nitrogens with one attached hydrogen (secondary N) is 1. The van der Waals surface area contributed by atoms with Crippen molar-refractivity contribution in [1.29, 1.82) is 0 Å². The van der Waals surface area contributed by atoms with E-state index in [1.54, 1.807) is 0 Å². The summed E-state index contributed by atoms with van der Waals surface area (Å²) >= 11 is 0. The Hall–Kier alpha value is -0.410. The summed E-state index contributed by atoms with van der Waals surface area (Å²) in [7, 11) is 2.01. The van der Waals surface area contributed by atoms with Crippen molar-refractivity contribution >= 4 is 5.78 Å². The van der Waals surface area contributed by atoms with Gasteiger partial charge in [-0.2, -0.15) is 0 Å². The second-order valence-electron chi connectivity index (χ2n) is 5.04. The molecule has 3 heteroatoms. The van der Waals surface area contributed by atoms with Crippen LogP contribution < -0.4 is 5.32 Å². The first-order valence-electron chi connectivity index (χ1n) is 6.19. The molecule has 2 aliphatic rings. The Kier molecular flexibility index (Phi) is 3.76. The van der Waals surface area contributed by atoms with Crippen molar-refractivity contribution in [3.63, 3.8) is 0 Å². The molecule has 1 aliphatic carbocycles. The molecule has 0 aromatic heterocycles. The lowest BCUT2D eigenvalue weighted by Gasteiger charge is -2.32. The fourth-order valence-corrected chi connectivity index (χ4v) is 2.50. The predicted molar refractivity (Wildman–Crippen MR) is 60.8 cm³/mol. The van der Waals surface area contributed by atoms with Gasteiger partial charge in [0.25, 0.3) is 0 Å². The summed E-state index contributed by atoms with van der Waals surface area (Å²) in [6.45, 7) is 4.04. The van der Waals surface area contributed by atoms with Crippen molar-refractivity contribution in [1.82, 2.24) is 10.2 Å². The fraction of sp³-hybridized carbons (Fsp3) is 0.917. The van der Waals surface area contributed by atoms with Crippen LogP contribution in [0.4, 0.5) is 0 Å². The van der Waals surface area contributed by atoms with E-state index in [9.17, 15) is 4.79 Å². The van der Waals surface area contributed by atoms with Crippen molar-refractivity contribution in [2.24, 2.45) is 11.8 Å². The Morgan fingerprint density at radius 1 is 1.40 bits per heavy atom. The van der Waals surface area contributed by atoms with E-state index in [1.165, 1.54) is 12.8 Å². The molecule has 1 heterocycles. The van der Waals surface area contributed by atoms with Crippen LogP contribution in [0.3, 0.4) is 0 Å². The van der Waals surface area contributed by atoms with Crippen LogP contribution in [-0.2, 0) is 4.79 Å². The van der Waals surface area contributed by atoms with Gasteiger partial charge in [-0.1, -0.05) is 0 Å². The van der Waals surface area contributed by atoms with Gasteiger partial charge in [-0.05, 0) is 51.7 Å². The molecule has 2 fully saturated rings. The summed E-state index contributed by atoms with van der Waals surface area (Å²) in [4.78, 5) is 14.0. The average Bonchev–Trinajstić information content (AvgIpc) is 3.01. The molecule has 15 heavy (non-hydrogen) atoms. The van der Waals surface area contributed by atoms with Gasteiger partial charge in [0, 0.05) is 12.5 Å². The van der Waals surface area contributed by atoms with Gasteiger partial charge in [0.05, 0.1) is 6.54 Å². The first-order valence-corrected chi connectivity index (χ1v) is 6.19. The van der Waals surface area contributed by atoms with Crippen LogP contribution in [0, 0.1) is 11.8 Å². The third kappa shape index (κ3) is 3.28. The second kappa shape index (κ2) is 5.08. The number of carbonyl (C=O) groups excluding carboxylic acids is 1. The summed E-state index contributed by atoms with van der Waals surface area (Å²) in [6, 6.07) is 0. The highest BCUT2D eigenvalue weighted by molar-refractivity contribution is 5.84. The van der Waals surface area contributed by atoms with E-state index in [2.05, 4.69) is 10.2 Å². The maximum Gasteiger partial charge on any atom is 0.149 e. The monoisotopic (exact) mass is 210 g/mol. The minimum atomic E-state index is 0.426. The van der Waals surface area contributed by atoms with E-state index in [0.29, 0.717) is 18.2 Å². The number of nitrogens with zero attached hydrogens (tertiary/aromatic N) is 1. The van der Waals surface area contributed by atoms with E-state index in [-0.39, 0.29) is 0 Å². The summed E-state index contributed by atoms with van der Waals surface area (Å²) in [5.41, 5.74) is 0. The minimum Gasteiger partial charge on any atom is -0.319 e. The van der Waals surface area contributed by atoms with Crippen molar-refractivity contribution < 1.29 is 4.79 Å². The molecule has 2 rings (SSSR count). The van der Waals surface area contributed by atoms with Crippen molar-refractivity contribution in [2.45, 2.75) is 25.7 Å². The molecule has 0 aromatic carbocycles. The van der Waals surface area contributed by atoms with Crippen LogP contribution in [0.15, 0.2) is 0 Å². The molecule has 86 valence electrons. The van der Waals surface area contributed by atoms with Gasteiger partial charge in [0.2, 0.25) is 0 Å². The predicted octanol–water partition coefficient (Wildman–Crippen LogP) is 0.897. The lowest BCUT2D eigenvalue weighted by molar-refractivity contribution is -0.121. The highest BCUT2D eigenvalue weighted by atomic mass is 16.1. The number of ketones is 1. The van der Waals surface area contributed by atoms with Gasteiger partial charge in [-0.3, -0.25) is 9.69 Å². The van der Waals surface area contributed by atoms with Crippen LogP contribution in [0.5, 0.6) is 0 Å². The molecule has 1 atom stereocenters. The number of hydrogen-bond donors (Lipinski definition) is 1. The summed E-state index contributed by atoms with van der Waals surface area (Å²) in [5.74, 6) is 1.66. The van der Waals surface area contributed by atoms with Crippen LogP contribution in [0.25, 0.3) is 0 Å². The third-order valence-electron chi connectivity index (χ3n) is 3.51. The Bertz CT molecular complexity index is 224. The van der Waals surface area contributed by atoms with Gasteiger partial charge < -0.3 is 5.32 Å². The van der Waals surface area contributed by atoms with Crippen LogP contribution in [0.1, 0.15) is 25.7 Å². The average molecular weight is 210 g/mol. The van der Waals surface area contributed by atoms with Crippen molar-refractivity contribution in [2.75, 3.05) is 33.2 Å². The number of piperidine rings is 1. The normalized spacial score (nSPS) is 27.9. The first-order chi connectivity index (χ1) is 7.29. The Morgan fingerprint density at radius 3 is 2.87 bits per heavy atom. The minimum absolute atomic E-state index is 0.426. The smallest absolute Gasteiger partial charge is 0.149 e. The molecule has 0 spiro atoms. The summed E-state index contributed by atoms with van der Waals surface area (Å²) in [5, 5.41) is 3.23. The standard InChI is InChI=1S/C12H22N2O/c1-13-7-10-3-2-6-14(8-10)9-12(15)11-4-5-11/h10-11,13H,2-9H2,1H3. The van der Waals surface area contributed by atoms with E-state index in [4.69, 9.17) is 0 Å². The Balaban J connectivity index is 1.73. The van der Waals surface area contributed by atoms with E-state index in [0.717, 1.165) is 38.4 Å². The van der Waals surface area contributed by atoms with Crippen LogP contribution in [-0.4, -0.2) is 43.9 Å². The molecule has 0 radical (unpaired) electrons. The van der Waals surface area contributed by atoms with Crippen LogP contribution >= 0.6 is 0 Å². The second-order valence-corrected chi connectivity index (χ2v) is 5.04. The van der Waals surface area contributed by atoms with Crippen molar-refractivity contribution in [3.05, 3.63) is 0 Å². The summed E-state index contributed by atoms with van der Waals surface area (Å²) < 4.78 is 0. The molecule has 1 N–H and O–H groups in total. The molecule has 1 aliphatic heterocycles. The number of Topliss-reactive ketones (excluding diaryl/α,β-unsaturated/α-hetero) is 1. The summed E-state index contributed by atoms with van der Waals surface area (Å²) in [6.07, 6.45) is 4.86. The number of carbonyl (C=O) groups is 1. The number of hydrogen-bond acceptors (Lipinski definition) is 3. The maximum atomic E-state index is 11.7. The molecular weight excluding hydrogens is 188 g/mol. The highest BCUT2D eigenvalue weighted by Gasteiger charge is 2.31. The lowest BCUT2D eigenvalue weighted by atomic mass is 9.97. The van der Waals surface area contributed by atoms with E-state index < -0.39 is 0 Å². The number of rotatable bonds is 5. The zero-order chi connectivity index (χ0) is 10.7. The Morgan fingerprint density at radius 2 is 2.20 bits per heavy atom. The van der Waals surface area contributed by atoms with Gasteiger partial charge in [0.1, 0.15) is 5.78 Å². The van der Waals surface area contributed by atoms with Crippen LogP contribution in [0.2, 0.25) is 0 Å². The molecular formula is C12H22N2O. The third-order valence-corrected chi connectivity index (χ3v) is 3.51. The van der Waals surface area contributed by atoms with Gasteiger partial charge >= 0.3 is 0 Å². The molecule has 1 saturated carbocycles. The first kappa shape index (κ1) is 11.1. The van der Waals surface area contributed by atoms with Gasteiger partial charge in [0.15, 0.2) is 0 Å². The Labute approximate surface area is 92.2 Å². The molecule has 1 unspecified atom stereocenters. The SMILES string of the molecule is CNCC1CCCN(CC(=O)C2CC2)C1. The molecule has 3 nitrogen and oxygen atoms in total. The highest BCUT2D eigenvalue weighted by Crippen LogP contribution is 2.30. The molecule has 0 bridgehead atoms. The van der Waals surface area contributed by atoms with Gasteiger partial charge in [-0.15, -0.1) is 0 Å². The number of likely N-dealkylation sites (tertiary alicyclic amines) is 1. The molecule has 1 saturated heterocycles.